The Kier molecular flexibility index (Phi) is 5.23. The standard InChI is InChI=1S/C26H24N4O/c31-25(15-17-30-16-14-20-10-4-7-13-24(20)30)27-23(18-19-8-2-1-3-9-19)26-28-21-11-5-6-12-22(21)29-26/h1-14,16,23H,15,17-18H2,(H,27,31)(H,28,29). The van der Waals surface area contributed by atoms with E-state index in [0.717, 1.165) is 27.9 Å². The van der Waals surface area contributed by atoms with Crippen molar-refractivity contribution in [1.82, 2.24) is 19.9 Å². The van der Waals surface area contributed by atoms with Crippen LogP contribution in [0, 0.1) is 0 Å². The first kappa shape index (κ1) is 19.1. The van der Waals surface area contributed by atoms with Crippen LogP contribution in [0.4, 0.5) is 0 Å². The molecule has 0 aliphatic heterocycles. The number of nitrogens with zero attached hydrogens (tertiary/aromatic N) is 2. The summed E-state index contributed by atoms with van der Waals surface area (Å²) in [4.78, 5) is 21.0. The summed E-state index contributed by atoms with van der Waals surface area (Å²) in [5, 5.41) is 4.39. The van der Waals surface area contributed by atoms with Gasteiger partial charge in [-0.05, 0) is 41.6 Å². The van der Waals surface area contributed by atoms with Crippen molar-refractivity contribution in [2.45, 2.75) is 25.4 Å². The van der Waals surface area contributed by atoms with E-state index >= 15 is 0 Å². The van der Waals surface area contributed by atoms with Crippen LogP contribution < -0.4 is 5.32 Å². The Morgan fingerprint density at radius 3 is 2.58 bits per heavy atom. The van der Waals surface area contributed by atoms with Crippen molar-refractivity contribution in [3.05, 3.63) is 103 Å². The fraction of sp³-hybridized carbons (Fsp3) is 0.154. The number of H-pyrrole nitrogens is 1. The van der Waals surface area contributed by atoms with Crippen LogP contribution in [0.3, 0.4) is 0 Å². The molecule has 1 atom stereocenters. The molecule has 5 aromatic rings. The molecule has 1 unspecified atom stereocenters. The Hall–Kier alpha value is -3.86. The number of nitrogens with one attached hydrogen (secondary N) is 2. The van der Waals surface area contributed by atoms with Gasteiger partial charge in [-0.3, -0.25) is 4.79 Å². The Morgan fingerprint density at radius 2 is 1.71 bits per heavy atom. The summed E-state index contributed by atoms with van der Waals surface area (Å²) in [6.45, 7) is 0.636. The maximum atomic E-state index is 12.9. The van der Waals surface area contributed by atoms with E-state index in [1.54, 1.807) is 0 Å². The number of fused-ring (bicyclic) bond motifs is 2. The summed E-state index contributed by atoms with van der Waals surface area (Å²) < 4.78 is 2.13. The lowest BCUT2D eigenvalue weighted by molar-refractivity contribution is -0.122. The minimum Gasteiger partial charge on any atom is -0.347 e. The quantitative estimate of drug-likeness (QED) is 0.398. The molecular formula is C26H24N4O. The molecule has 154 valence electrons. The van der Waals surface area contributed by atoms with Gasteiger partial charge in [-0.1, -0.05) is 60.7 Å². The van der Waals surface area contributed by atoms with Crippen molar-refractivity contribution in [3.63, 3.8) is 0 Å². The Bertz CT molecular complexity index is 1290. The zero-order chi connectivity index (χ0) is 21.0. The van der Waals surface area contributed by atoms with Crippen LogP contribution in [-0.2, 0) is 17.8 Å². The van der Waals surface area contributed by atoms with Crippen LogP contribution in [0.2, 0.25) is 0 Å². The Balaban J connectivity index is 1.34. The molecule has 3 aromatic carbocycles. The average molecular weight is 409 g/mol. The van der Waals surface area contributed by atoms with Gasteiger partial charge in [0, 0.05) is 24.7 Å². The fourth-order valence-electron chi connectivity index (χ4n) is 4.03. The highest BCUT2D eigenvalue weighted by atomic mass is 16.1. The van der Waals surface area contributed by atoms with Crippen molar-refractivity contribution < 1.29 is 4.79 Å². The van der Waals surface area contributed by atoms with Crippen molar-refractivity contribution in [3.8, 4) is 0 Å². The molecule has 5 nitrogen and oxygen atoms in total. The van der Waals surface area contributed by atoms with E-state index in [0.29, 0.717) is 19.4 Å². The first-order valence-corrected chi connectivity index (χ1v) is 10.6. The number of hydrogen-bond donors (Lipinski definition) is 2. The molecule has 1 amide bonds. The van der Waals surface area contributed by atoms with E-state index in [-0.39, 0.29) is 11.9 Å². The lowest BCUT2D eigenvalue weighted by Crippen LogP contribution is -2.31. The smallest absolute Gasteiger partial charge is 0.222 e. The fourth-order valence-corrected chi connectivity index (χ4v) is 4.03. The number of amides is 1. The highest BCUT2D eigenvalue weighted by Crippen LogP contribution is 2.20. The van der Waals surface area contributed by atoms with Gasteiger partial charge in [0.15, 0.2) is 0 Å². The molecule has 2 aromatic heterocycles. The van der Waals surface area contributed by atoms with Crippen LogP contribution in [0.1, 0.15) is 23.9 Å². The van der Waals surface area contributed by atoms with Gasteiger partial charge in [0.05, 0.1) is 17.1 Å². The molecule has 2 N–H and O–H groups in total. The van der Waals surface area contributed by atoms with Crippen LogP contribution in [0.25, 0.3) is 21.9 Å². The molecule has 0 bridgehead atoms. The number of imidazole rings is 1. The van der Waals surface area contributed by atoms with Gasteiger partial charge in [-0.2, -0.15) is 0 Å². The SMILES string of the molecule is O=C(CCn1ccc2ccccc21)NC(Cc1ccccc1)c1nc2ccccc2[nH]1. The monoisotopic (exact) mass is 408 g/mol. The number of benzene rings is 3. The molecule has 0 aliphatic carbocycles. The molecule has 2 heterocycles. The summed E-state index contributed by atoms with van der Waals surface area (Å²) in [6, 6.07) is 28.2. The average Bonchev–Trinajstić information content (AvgIpc) is 3.42. The van der Waals surface area contributed by atoms with Gasteiger partial charge in [-0.15, -0.1) is 0 Å². The van der Waals surface area contributed by atoms with E-state index in [4.69, 9.17) is 4.98 Å². The zero-order valence-corrected chi connectivity index (χ0v) is 17.2. The normalized spacial score (nSPS) is 12.3. The molecule has 0 fully saturated rings. The second kappa shape index (κ2) is 8.48. The number of hydrogen-bond acceptors (Lipinski definition) is 2. The van der Waals surface area contributed by atoms with Gasteiger partial charge in [0.1, 0.15) is 5.82 Å². The van der Waals surface area contributed by atoms with E-state index < -0.39 is 0 Å². The topological polar surface area (TPSA) is 62.7 Å². The number of rotatable bonds is 7. The third kappa shape index (κ3) is 4.21. The first-order chi connectivity index (χ1) is 15.3. The highest BCUT2D eigenvalue weighted by molar-refractivity contribution is 5.81. The van der Waals surface area contributed by atoms with Gasteiger partial charge < -0.3 is 14.9 Å². The summed E-state index contributed by atoms with van der Waals surface area (Å²) in [5.74, 6) is 0.795. The Morgan fingerprint density at radius 1 is 0.935 bits per heavy atom. The number of carbonyl (C=O) groups excluding carboxylic acids is 1. The predicted molar refractivity (Wildman–Crippen MR) is 124 cm³/mol. The molecule has 5 rings (SSSR count). The van der Waals surface area contributed by atoms with Crippen molar-refractivity contribution in [2.75, 3.05) is 0 Å². The van der Waals surface area contributed by atoms with Gasteiger partial charge >= 0.3 is 0 Å². The van der Waals surface area contributed by atoms with Crippen molar-refractivity contribution in [2.24, 2.45) is 0 Å². The van der Waals surface area contributed by atoms with E-state index in [1.165, 1.54) is 5.39 Å². The molecule has 0 spiro atoms. The number of aromatic amines is 1. The molecule has 5 heteroatoms. The molecule has 0 saturated heterocycles. The predicted octanol–water partition coefficient (Wildman–Crippen LogP) is 5.01. The second-order valence-corrected chi connectivity index (χ2v) is 7.77. The van der Waals surface area contributed by atoms with E-state index in [9.17, 15) is 4.79 Å². The summed E-state index contributed by atoms with van der Waals surface area (Å²) in [6.07, 6.45) is 3.13. The third-order valence-electron chi connectivity index (χ3n) is 5.62. The van der Waals surface area contributed by atoms with Crippen molar-refractivity contribution in [1.29, 1.82) is 0 Å². The van der Waals surface area contributed by atoms with Gasteiger partial charge in [-0.25, -0.2) is 4.98 Å². The van der Waals surface area contributed by atoms with Crippen LogP contribution in [-0.4, -0.2) is 20.4 Å². The lowest BCUT2D eigenvalue weighted by atomic mass is 10.1. The van der Waals surface area contributed by atoms with E-state index in [2.05, 4.69) is 45.2 Å². The second-order valence-electron chi connectivity index (χ2n) is 7.77. The maximum absolute atomic E-state index is 12.9. The summed E-state index contributed by atoms with van der Waals surface area (Å²) in [5.41, 5.74) is 4.19. The molecule has 0 aliphatic rings. The van der Waals surface area contributed by atoms with Gasteiger partial charge in [0.25, 0.3) is 0 Å². The molecule has 0 saturated carbocycles. The molecule has 31 heavy (non-hydrogen) atoms. The number of para-hydroxylation sites is 3. The third-order valence-corrected chi connectivity index (χ3v) is 5.62. The minimum absolute atomic E-state index is 0.0131. The zero-order valence-electron chi connectivity index (χ0n) is 17.2. The maximum Gasteiger partial charge on any atom is 0.222 e. The lowest BCUT2D eigenvalue weighted by Gasteiger charge is -2.17. The number of carbonyl (C=O) groups is 1. The summed E-state index contributed by atoms with van der Waals surface area (Å²) in [7, 11) is 0. The minimum atomic E-state index is -0.219. The van der Waals surface area contributed by atoms with Gasteiger partial charge in [0.2, 0.25) is 5.91 Å². The van der Waals surface area contributed by atoms with Crippen molar-refractivity contribution >= 4 is 27.8 Å². The summed E-state index contributed by atoms with van der Waals surface area (Å²) >= 11 is 0. The van der Waals surface area contributed by atoms with E-state index in [1.807, 2.05) is 60.8 Å². The Labute approximate surface area is 180 Å². The number of aromatic nitrogens is 3. The largest absolute Gasteiger partial charge is 0.347 e. The van der Waals surface area contributed by atoms with Crippen LogP contribution in [0.15, 0.2) is 91.1 Å². The number of aryl methyl sites for hydroxylation is 1. The van der Waals surface area contributed by atoms with Crippen LogP contribution >= 0.6 is 0 Å². The first-order valence-electron chi connectivity index (χ1n) is 10.6. The molecule has 0 radical (unpaired) electrons. The highest BCUT2D eigenvalue weighted by Gasteiger charge is 2.19. The molecular weight excluding hydrogens is 384 g/mol. The van der Waals surface area contributed by atoms with Crippen LogP contribution in [0.5, 0.6) is 0 Å².